The van der Waals surface area contributed by atoms with Crippen LogP contribution in [0.3, 0.4) is 0 Å². The zero-order valence-electron chi connectivity index (χ0n) is 10.2. The monoisotopic (exact) mass is 227 g/mol. The summed E-state index contributed by atoms with van der Waals surface area (Å²) in [6, 6.07) is 6.08. The van der Waals surface area contributed by atoms with E-state index in [9.17, 15) is 4.79 Å². The second-order valence-electron chi connectivity index (χ2n) is 5.02. The summed E-state index contributed by atoms with van der Waals surface area (Å²) >= 11 is 0. The fourth-order valence-corrected chi connectivity index (χ4v) is 2.75. The van der Waals surface area contributed by atoms with E-state index in [1.54, 1.807) is 0 Å². The zero-order chi connectivity index (χ0) is 11.8. The molecule has 0 atom stereocenters. The predicted molar refractivity (Wildman–Crippen MR) is 70.6 cm³/mol. The molecule has 1 aliphatic carbocycles. The van der Waals surface area contributed by atoms with E-state index in [1.165, 1.54) is 18.5 Å². The Balaban J connectivity index is 2.33. The number of H-pyrrole nitrogens is 1. The first-order valence-corrected chi connectivity index (χ1v) is 6.40. The summed E-state index contributed by atoms with van der Waals surface area (Å²) < 4.78 is 0. The summed E-state index contributed by atoms with van der Waals surface area (Å²) in [5.74, 6) is 0. The van der Waals surface area contributed by atoms with Crippen molar-refractivity contribution in [3.63, 3.8) is 0 Å². The SMILES string of the molecule is Cc1ccc2[nH]c3c(c(=O)c2c1)CCCCC3. The maximum Gasteiger partial charge on any atom is 0.192 e. The molecule has 0 fully saturated rings. The quantitative estimate of drug-likeness (QED) is 0.689. The first-order valence-electron chi connectivity index (χ1n) is 6.40. The third-order valence-electron chi connectivity index (χ3n) is 3.70. The topological polar surface area (TPSA) is 32.9 Å². The lowest BCUT2D eigenvalue weighted by atomic mass is 10.0. The van der Waals surface area contributed by atoms with Crippen LogP contribution in [0.2, 0.25) is 0 Å². The van der Waals surface area contributed by atoms with Crippen LogP contribution in [0.25, 0.3) is 10.9 Å². The normalized spacial score (nSPS) is 15.6. The highest BCUT2D eigenvalue weighted by atomic mass is 16.1. The number of rotatable bonds is 0. The van der Waals surface area contributed by atoms with E-state index < -0.39 is 0 Å². The Morgan fingerprint density at radius 1 is 1.12 bits per heavy atom. The van der Waals surface area contributed by atoms with Gasteiger partial charge in [0, 0.05) is 22.2 Å². The maximum atomic E-state index is 12.5. The molecule has 0 unspecified atom stereocenters. The predicted octanol–water partition coefficient (Wildman–Crippen LogP) is 3.11. The van der Waals surface area contributed by atoms with Crippen LogP contribution in [0.5, 0.6) is 0 Å². The summed E-state index contributed by atoms with van der Waals surface area (Å²) in [5.41, 5.74) is 4.58. The summed E-state index contributed by atoms with van der Waals surface area (Å²) in [7, 11) is 0. The van der Waals surface area contributed by atoms with Gasteiger partial charge in [-0.3, -0.25) is 4.79 Å². The van der Waals surface area contributed by atoms with Crippen LogP contribution in [-0.4, -0.2) is 4.98 Å². The largest absolute Gasteiger partial charge is 0.358 e. The van der Waals surface area contributed by atoms with Gasteiger partial charge in [0.2, 0.25) is 0 Å². The zero-order valence-corrected chi connectivity index (χ0v) is 10.2. The van der Waals surface area contributed by atoms with Crippen molar-refractivity contribution < 1.29 is 0 Å². The van der Waals surface area contributed by atoms with Gasteiger partial charge >= 0.3 is 0 Å². The van der Waals surface area contributed by atoms with Crippen molar-refractivity contribution in [1.29, 1.82) is 0 Å². The van der Waals surface area contributed by atoms with E-state index in [1.807, 2.05) is 19.1 Å². The van der Waals surface area contributed by atoms with Crippen LogP contribution in [-0.2, 0) is 12.8 Å². The molecule has 1 heterocycles. The lowest BCUT2D eigenvalue weighted by molar-refractivity contribution is 0.708. The number of benzene rings is 1. The molecule has 2 heteroatoms. The van der Waals surface area contributed by atoms with Crippen LogP contribution in [0.1, 0.15) is 36.1 Å². The van der Waals surface area contributed by atoms with Crippen molar-refractivity contribution in [1.82, 2.24) is 4.98 Å². The molecule has 1 aromatic heterocycles. The van der Waals surface area contributed by atoms with E-state index >= 15 is 0 Å². The molecule has 1 aliphatic rings. The van der Waals surface area contributed by atoms with Gasteiger partial charge in [-0.1, -0.05) is 18.1 Å². The van der Waals surface area contributed by atoms with Gasteiger partial charge < -0.3 is 4.98 Å². The molecule has 1 N–H and O–H groups in total. The Labute approximate surface area is 101 Å². The minimum atomic E-state index is 0.249. The standard InChI is InChI=1S/C15H17NO/c1-10-7-8-14-12(9-10)15(17)11-5-3-2-4-6-13(11)16-14/h7-9H,2-6H2,1H3,(H,16,17). The number of hydrogen-bond acceptors (Lipinski definition) is 1. The highest BCUT2D eigenvalue weighted by molar-refractivity contribution is 5.80. The van der Waals surface area contributed by atoms with Crippen LogP contribution in [0.15, 0.2) is 23.0 Å². The fourth-order valence-electron chi connectivity index (χ4n) is 2.75. The highest BCUT2D eigenvalue weighted by Crippen LogP contribution is 2.20. The van der Waals surface area contributed by atoms with Crippen molar-refractivity contribution >= 4 is 10.9 Å². The van der Waals surface area contributed by atoms with Gasteiger partial charge in [-0.15, -0.1) is 0 Å². The molecule has 0 radical (unpaired) electrons. The van der Waals surface area contributed by atoms with Crippen molar-refractivity contribution in [3.8, 4) is 0 Å². The highest BCUT2D eigenvalue weighted by Gasteiger charge is 2.14. The van der Waals surface area contributed by atoms with Gasteiger partial charge in [0.15, 0.2) is 5.43 Å². The molecule has 0 bridgehead atoms. The third kappa shape index (κ3) is 1.78. The molecule has 2 aromatic rings. The van der Waals surface area contributed by atoms with Gasteiger partial charge in [-0.05, 0) is 44.7 Å². The van der Waals surface area contributed by atoms with Crippen LogP contribution >= 0.6 is 0 Å². The molecule has 0 amide bonds. The molecule has 1 aromatic carbocycles. The van der Waals surface area contributed by atoms with Crippen molar-refractivity contribution in [2.24, 2.45) is 0 Å². The number of aromatic nitrogens is 1. The molecule has 88 valence electrons. The molecule has 3 rings (SSSR count). The number of pyridine rings is 1. The van der Waals surface area contributed by atoms with Crippen molar-refractivity contribution in [2.75, 3.05) is 0 Å². The number of fused-ring (bicyclic) bond motifs is 2. The first kappa shape index (κ1) is 10.6. The van der Waals surface area contributed by atoms with Crippen LogP contribution in [0.4, 0.5) is 0 Å². The minimum Gasteiger partial charge on any atom is -0.358 e. The molecule has 17 heavy (non-hydrogen) atoms. The van der Waals surface area contributed by atoms with E-state index in [2.05, 4.69) is 11.1 Å². The Morgan fingerprint density at radius 3 is 2.82 bits per heavy atom. The van der Waals surface area contributed by atoms with E-state index in [0.29, 0.717) is 0 Å². The average molecular weight is 227 g/mol. The Bertz CT molecular complexity index is 625. The smallest absolute Gasteiger partial charge is 0.192 e. The molecular weight excluding hydrogens is 210 g/mol. The molecule has 2 nitrogen and oxygen atoms in total. The number of hydrogen-bond donors (Lipinski definition) is 1. The van der Waals surface area contributed by atoms with Gasteiger partial charge in [0.05, 0.1) is 0 Å². The van der Waals surface area contributed by atoms with E-state index in [0.717, 1.165) is 41.3 Å². The fraction of sp³-hybridized carbons (Fsp3) is 0.400. The molecule has 0 saturated heterocycles. The number of aryl methyl sites for hydroxylation is 2. The minimum absolute atomic E-state index is 0.249. The second kappa shape index (κ2) is 4.02. The summed E-state index contributed by atoms with van der Waals surface area (Å²) in [6.45, 7) is 2.03. The Morgan fingerprint density at radius 2 is 1.94 bits per heavy atom. The van der Waals surface area contributed by atoms with Crippen LogP contribution in [0, 0.1) is 6.92 Å². The molecular formula is C15H17NO. The Hall–Kier alpha value is -1.57. The summed E-state index contributed by atoms with van der Waals surface area (Å²) in [6.07, 6.45) is 5.54. The maximum absolute atomic E-state index is 12.5. The first-order chi connectivity index (χ1) is 8.25. The average Bonchev–Trinajstić information content (AvgIpc) is 2.56. The summed E-state index contributed by atoms with van der Waals surface area (Å²) in [5, 5.41) is 0.852. The van der Waals surface area contributed by atoms with Gasteiger partial charge in [0.1, 0.15) is 0 Å². The van der Waals surface area contributed by atoms with Crippen molar-refractivity contribution in [3.05, 3.63) is 45.2 Å². The third-order valence-corrected chi connectivity index (χ3v) is 3.70. The molecule has 0 saturated carbocycles. The van der Waals surface area contributed by atoms with Crippen molar-refractivity contribution in [2.45, 2.75) is 39.0 Å². The summed E-state index contributed by atoms with van der Waals surface area (Å²) in [4.78, 5) is 15.9. The van der Waals surface area contributed by atoms with Gasteiger partial charge in [-0.25, -0.2) is 0 Å². The molecule has 0 aliphatic heterocycles. The number of nitrogens with one attached hydrogen (secondary N) is 1. The van der Waals surface area contributed by atoms with Gasteiger partial charge in [0.25, 0.3) is 0 Å². The van der Waals surface area contributed by atoms with Gasteiger partial charge in [-0.2, -0.15) is 0 Å². The molecule has 0 spiro atoms. The Kier molecular flexibility index (Phi) is 2.50. The van der Waals surface area contributed by atoms with Crippen LogP contribution < -0.4 is 5.43 Å². The van der Waals surface area contributed by atoms with E-state index in [4.69, 9.17) is 0 Å². The lowest BCUT2D eigenvalue weighted by Crippen LogP contribution is -2.14. The second-order valence-corrected chi connectivity index (χ2v) is 5.02. The lowest BCUT2D eigenvalue weighted by Gasteiger charge is -2.08. The van der Waals surface area contributed by atoms with E-state index in [-0.39, 0.29) is 5.43 Å². The number of aromatic amines is 1.